The lowest BCUT2D eigenvalue weighted by Crippen LogP contribution is -2.34. The van der Waals surface area contributed by atoms with E-state index in [4.69, 9.17) is 15.6 Å². The third kappa shape index (κ3) is 2.16. The Morgan fingerprint density at radius 2 is 2.17 bits per heavy atom. The zero-order valence-corrected chi connectivity index (χ0v) is 12.1. The van der Waals surface area contributed by atoms with Gasteiger partial charge in [-0.25, -0.2) is 13.8 Å². The molecule has 1 saturated heterocycles. The first-order valence-corrected chi connectivity index (χ1v) is 6.99. The molecule has 5 N–H and O–H groups in total. The van der Waals surface area contributed by atoms with Crippen molar-refractivity contribution in [2.75, 3.05) is 12.3 Å². The van der Waals surface area contributed by atoms with Gasteiger partial charge in [-0.05, 0) is 6.92 Å². The summed E-state index contributed by atoms with van der Waals surface area (Å²) < 4.78 is 21.2. The fourth-order valence-electron chi connectivity index (χ4n) is 2.79. The number of alkyl halides is 1. The van der Waals surface area contributed by atoms with Crippen molar-refractivity contribution >= 4 is 17.1 Å². The monoisotopic (exact) mass is 329 g/mol. The van der Waals surface area contributed by atoms with Crippen LogP contribution in [0.3, 0.4) is 0 Å². The molecule has 3 heterocycles. The number of rotatable bonds is 3. The second-order valence-electron chi connectivity index (χ2n) is 5.20. The number of nitrogens with zero attached hydrogens (tertiary/aromatic N) is 3. The Hall–Kier alpha value is -2.24. The number of H-pyrrole nitrogens is 1. The summed E-state index contributed by atoms with van der Waals surface area (Å²) in [5.41, 5.74) is 4.01. The van der Waals surface area contributed by atoms with Crippen LogP contribution in [0.15, 0.2) is 9.59 Å². The molecule has 0 aliphatic carbocycles. The summed E-state index contributed by atoms with van der Waals surface area (Å²) in [6.45, 7) is 1.13. The quantitative estimate of drug-likeness (QED) is 0.513. The number of anilines is 1. The maximum atomic E-state index is 13.9. The average Bonchev–Trinajstić information content (AvgIpc) is 2.94. The van der Waals surface area contributed by atoms with Crippen molar-refractivity contribution in [3.05, 3.63) is 20.8 Å². The second-order valence-corrected chi connectivity index (χ2v) is 5.20. The van der Waals surface area contributed by atoms with Gasteiger partial charge < -0.3 is 20.7 Å². The van der Waals surface area contributed by atoms with Crippen LogP contribution < -0.4 is 17.0 Å². The number of fused-ring (bicyclic) bond motifs is 1. The Bertz CT molecular complexity index is 858. The third-order valence-electron chi connectivity index (χ3n) is 3.87. The number of nitrogens with two attached hydrogens (primary N) is 1. The lowest BCUT2D eigenvalue weighted by atomic mass is 10.1. The standard InChI is InChI=1S/C12H16FN5O5/c1-2-17-6-8(15-11(14)16-9(6)21)18(12(17)22)10-7(20)5(13)4(3-19)23-10/h4-5,7,10,19-20H,2-3H2,1H3,(H3,14,15,16,21)/t4-,5-,7-,10-/m1/s1. The summed E-state index contributed by atoms with van der Waals surface area (Å²) in [6.07, 6.45) is -6.26. The highest BCUT2D eigenvalue weighted by molar-refractivity contribution is 5.71. The van der Waals surface area contributed by atoms with Crippen LogP contribution >= 0.6 is 0 Å². The summed E-state index contributed by atoms with van der Waals surface area (Å²) in [5.74, 6) is -0.229. The molecule has 3 rings (SSSR count). The van der Waals surface area contributed by atoms with E-state index in [0.29, 0.717) is 0 Å². The number of hydrogen-bond donors (Lipinski definition) is 4. The molecule has 0 unspecified atom stereocenters. The van der Waals surface area contributed by atoms with Gasteiger partial charge in [0.15, 0.2) is 23.6 Å². The van der Waals surface area contributed by atoms with Crippen LogP contribution in [-0.2, 0) is 11.3 Å². The van der Waals surface area contributed by atoms with Crippen LogP contribution in [-0.4, -0.2) is 54.3 Å². The lowest BCUT2D eigenvalue weighted by Gasteiger charge is -2.15. The molecule has 0 saturated carbocycles. The summed E-state index contributed by atoms with van der Waals surface area (Å²) in [5, 5.41) is 19.1. The van der Waals surface area contributed by atoms with E-state index in [1.807, 2.05) is 0 Å². The molecule has 11 heteroatoms. The second kappa shape index (κ2) is 5.44. The highest BCUT2D eigenvalue weighted by atomic mass is 19.1. The van der Waals surface area contributed by atoms with Gasteiger partial charge in [0.05, 0.1) is 6.61 Å². The fourth-order valence-corrected chi connectivity index (χ4v) is 2.79. The Morgan fingerprint density at radius 1 is 1.48 bits per heavy atom. The Kier molecular flexibility index (Phi) is 3.70. The Balaban J connectivity index is 2.28. The van der Waals surface area contributed by atoms with Crippen LogP contribution in [0.4, 0.5) is 10.3 Å². The van der Waals surface area contributed by atoms with Crippen LogP contribution in [0.2, 0.25) is 0 Å². The molecule has 1 aliphatic rings. The minimum absolute atomic E-state index is 0.0506. The molecular formula is C12H16FN5O5. The van der Waals surface area contributed by atoms with Gasteiger partial charge in [-0.15, -0.1) is 0 Å². The van der Waals surface area contributed by atoms with E-state index in [-0.39, 0.29) is 23.7 Å². The Labute approximate surface area is 127 Å². The van der Waals surface area contributed by atoms with E-state index in [0.717, 1.165) is 9.13 Å². The average molecular weight is 329 g/mol. The predicted molar refractivity (Wildman–Crippen MR) is 76.6 cm³/mol. The van der Waals surface area contributed by atoms with Gasteiger partial charge in [-0.3, -0.25) is 14.3 Å². The van der Waals surface area contributed by atoms with Crippen molar-refractivity contribution in [1.29, 1.82) is 0 Å². The molecule has 0 bridgehead atoms. The van der Waals surface area contributed by atoms with Gasteiger partial charge >= 0.3 is 5.69 Å². The number of hydrogen-bond acceptors (Lipinski definition) is 7. The maximum Gasteiger partial charge on any atom is 0.332 e. The van der Waals surface area contributed by atoms with E-state index < -0.39 is 42.5 Å². The number of nitrogens with one attached hydrogen (secondary N) is 1. The number of aliphatic hydroxyl groups is 2. The van der Waals surface area contributed by atoms with Gasteiger partial charge in [0.25, 0.3) is 5.56 Å². The molecule has 10 nitrogen and oxygen atoms in total. The minimum Gasteiger partial charge on any atom is -0.394 e. The molecule has 0 amide bonds. The van der Waals surface area contributed by atoms with Gasteiger partial charge in [-0.1, -0.05) is 0 Å². The molecule has 126 valence electrons. The van der Waals surface area contributed by atoms with Gasteiger partial charge in [0.1, 0.15) is 12.2 Å². The van der Waals surface area contributed by atoms with Crippen molar-refractivity contribution in [1.82, 2.24) is 19.1 Å². The van der Waals surface area contributed by atoms with E-state index in [2.05, 4.69) is 9.97 Å². The molecule has 2 aromatic rings. The van der Waals surface area contributed by atoms with Crippen molar-refractivity contribution < 1.29 is 19.3 Å². The molecular weight excluding hydrogens is 313 g/mol. The van der Waals surface area contributed by atoms with Crippen LogP contribution in [0.5, 0.6) is 0 Å². The summed E-state index contributed by atoms with van der Waals surface area (Å²) in [6, 6.07) is 0. The number of aryl methyl sites for hydroxylation is 1. The fraction of sp³-hybridized carbons (Fsp3) is 0.583. The van der Waals surface area contributed by atoms with E-state index in [9.17, 15) is 19.1 Å². The molecule has 0 radical (unpaired) electrons. The normalized spacial score (nSPS) is 27.8. The minimum atomic E-state index is -1.88. The van der Waals surface area contributed by atoms with E-state index in [1.165, 1.54) is 0 Å². The van der Waals surface area contributed by atoms with Crippen LogP contribution in [0, 0.1) is 0 Å². The number of imidazole rings is 1. The Morgan fingerprint density at radius 3 is 2.74 bits per heavy atom. The molecule has 2 aromatic heterocycles. The SMILES string of the molecule is CCn1c(=O)n([C@@H]2O[C@H](CO)[C@@H](F)[C@H]2O)c2nc(N)[nH]c(=O)c21. The molecule has 1 fully saturated rings. The zero-order chi connectivity index (χ0) is 16.9. The lowest BCUT2D eigenvalue weighted by molar-refractivity contribution is -0.0513. The number of nitrogen functional groups attached to an aromatic ring is 1. The smallest absolute Gasteiger partial charge is 0.332 e. The molecule has 4 atom stereocenters. The van der Waals surface area contributed by atoms with Gasteiger partial charge in [-0.2, -0.15) is 4.98 Å². The molecule has 23 heavy (non-hydrogen) atoms. The number of aliphatic hydroxyl groups excluding tert-OH is 2. The van der Waals surface area contributed by atoms with Gasteiger partial charge in [0, 0.05) is 6.54 Å². The van der Waals surface area contributed by atoms with Crippen LogP contribution in [0.25, 0.3) is 11.2 Å². The van der Waals surface area contributed by atoms with Gasteiger partial charge in [0.2, 0.25) is 5.95 Å². The number of aromatic nitrogens is 4. The number of aromatic amines is 1. The van der Waals surface area contributed by atoms with Crippen molar-refractivity contribution in [3.63, 3.8) is 0 Å². The number of halogens is 1. The molecule has 0 aromatic carbocycles. The number of ether oxygens (including phenoxy) is 1. The topological polar surface area (TPSA) is 148 Å². The maximum absolute atomic E-state index is 13.9. The van der Waals surface area contributed by atoms with Crippen molar-refractivity contribution in [2.45, 2.75) is 38.1 Å². The molecule has 0 spiro atoms. The van der Waals surface area contributed by atoms with Crippen molar-refractivity contribution in [2.24, 2.45) is 0 Å². The first kappa shape index (κ1) is 15.6. The predicted octanol–water partition coefficient (Wildman–Crippen LogP) is -1.92. The van der Waals surface area contributed by atoms with Crippen molar-refractivity contribution in [3.8, 4) is 0 Å². The largest absolute Gasteiger partial charge is 0.394 e. The van der Waals surface area contributed by atoms with E-state index >= 15 is 0 Å². The summed E-state index contributed by atoms with van der Waals surface area (Å²) in [7, 11) is 0. The third-order valence-corrected chi connectivity index (χ3v) is 3.87. The summed E-state index contributed by atoms with van der Waals surface area (Å²) >= 11 is 0. The first-order valence-electron chi connectivity index (χ1n) is 6.99. The van der Waals surface area contributed by atoms with E-state index in [1.54, 1.807) is 6.92 Å². The zero-order valence-electron chi connectivity index (χ0n) is 12.1. The first-order chi connectivity index (χ1) is 10.9. The molecule has 1 aliphatic heterocycles. The summed E-state index contributed by atoms with van der Waals surface area (Å²) in [4.78, 5) is 30.8. The highest BCUT2D eigenvalue weighted by Gasteiger charge is 2.46. The van der Waals surface area contributed by atoms with Crippen LogP contribution in [0.1, 0.15) is 13.2 Å². The highest BCUT2D eigenvalue weighted by Crippen LogP contribution is 2.31.